The molecule has 0 fully saturated rings. The molecule has 0 aliphatic heterocycles. The van der Waals surface area contributed by atoms with E-state index in [1.165, 1.54) is 0 Å². The van der Waals surface area contributed by atoms with Crippen molar-refractivity contribution < 1.29 is 0 Å². The van der Waals surface area contributed by atoms with Crippen LogP contribution in [0.5, 0.6) is 0 Å². The van der Waals surface area contributed by atoms with Crippen molar-refractivity contribution in [1.29, 1.82) is 0 Å². The molecule has 2 heterocycles. The van der Waals surface area contributed by atoms with Crippen molar-refractivity contribution in [3.63, 3.8) is 0 Å². The Morgan fingerprint density at radius 1 is 0.950 bits per heavy atom. The number of benzene rings is 2. The summed E-state index contributed by atoms with van der Waals surface area (Å²) in [6, 6.07) is 16.3. The molecule has 0 amide bonds. The van der Waals surface area contributed by atoms with Gasteiger partial charge in [0.05, 0.1) is 16.6 Å². The Bertz CT molecular complexity index is 950. The van der Waals surface area contributed by atoms with Crippen LogP contribution in [0.25, 0.3) is 33.1 Å². The van der Waals surface area contributed by atoms with Gasteiger partial charge in [0.1, 0.15) is 5.52 Å². The maximum atomic E-state index is 4.79. The van der Waals surface area contributed by atoms with Crippen LogP contribution in [0.2, 0.25) is 0 Å². The van der Waals surface area contributed by atoms with Gasteiger partial charge in [-0.25, -0.2) is 9.97 Å². The number of allylic oxidation sites excluding steroid dienone is 1. The predicted octanol–water partition coefficient (Wildman–Crippen LogP) is 3.92. The molecule has 0 aliphatic carbocycles. The monoisotopic (exact) mass is 259 g/mol. The molecule has 0 radical (unpaired) electrons. The number of aromatic nitrogens is 3. The predicted molar refractivity (Wildman–Crippen MR) is 82.7 cm³/mol. The van der Waals surface area contributed by atoms with Crippen molar-refractivity contribution in [1.82, 2.24) is 14.5 Å². The maximum Gasteiger partial charge on any atom is 0.160 e. The second-order valence-corrected chi connectivity index (χ2v) is 4.80. The van der Waals surface area contributed by atoms with Gasteiger partial charge >= 0.3 is 0 Å². The second-order valence-electron chi connectivity index (χ2n) is 4.80. The standard InChI is InChI=1S/C17H13N3/c1-2-11-20-15-10-6-3-7-12(15)16-17(20)19-14-9-5-4-8-13(14)18-16/h2-10H,1,11H2. The number of hydrogen-bond donors (Lipinski definition) is 0. The van der Waals surface area contributed by atoms with Crippen LogP contribution >= 0.6 is 0 Å². The van der Waals surface area contributed by atoms with E-state index >= 15 is 0 Å². The highest BCUT2D eigenvalue weighted by Gasteiger charge is 2.12. The molecule has 2 aromatic heterocycles. The van der Waals surface area contributed by atoms with Gasteiger partial charge in [0.25, 0.3) is 0 Å². The Morgan fingerprint density at radius 3 is 2.45 bits per heavy atom. The van der Waals surface area contributed by atoms with Crippen LogP contribution in [0, 0.1) is 0 Å². The van der Waals surface area contributed by atoms with E-state index in [2.05, 4.69) is 23.3 Å². The molecule has 0 bridgehead atoms. The largest absolute Gasteiger partial charge is 0.320 e. The molecular weight excluding hydrogens is 246 g/mol. The van der Waals surface area contributed by atoms with E-state index in [-0.39, 0.29) is 0 Å². The summed E-state index contributed by atoms with van der Waals surface area (Å²) >= 11 is 0. The zero-order chi connectivity index (χ0) is 13.5. The highest BCUT2D eigenvalue weighted by atomic mass is 15.1. The third-order valence-corrected chi connectivity index (χ3v) is 3.57. The molecule has 4 rings (SSSR count). The average Bonchev–Trinajstić information content (AvgIpc) is 2.80. The minimum atomic E-state index is 0.733. The zero-order valence-corrected chi connectivity index (χ0v) is 11.0. The fourth-order valence-electron chi connectivity index (χ4n) is 2.70. The van der Waals surface area contributed by atoms with Crippen LogP contribution < -0.4 is 0 Å². The first-order chi connectivity index (χ1) is 9.88. The molecule has 3 heteroatoms. The molecule has 0 saturated heterocycles. The molecule has 0 atom stereocenters. The van der Waals surface area contributed by atoms with Crippen LogP contribution in [0.4, 0.5) is 0 Å². The summed E-state index contributed by atoms with van der Waals surface area (Å²) < 4.78 is 2.16. The van der Waals surface area contributed by atoms with E-state index in [9.17, 15) is 0 Å². The third kappa shape index (κ3) is 1.46. The van der Waals surface area contributed by atoms with Crippen LogP contribution in [-0.2, 0) is 6.54 Å². The number of rotatable bonds is 2. The van der Waals surface area contributed by atoms with Crippen molar-refractivity contribution in [2.24, 2.45) is 0 Å². The van der Waals surface area contributed by atoms with Gasteiger partial charge in [0.2, 0.25) is 0 Å². The lowest BCUT2D eigenvalue weighted by Crippen LogP contribution is -1.96. The smallest absolute Gasteiger partial charge is 0.160 e. The van der Waals surface area contributed by atoms with Crippen molar-refractivity contribution in [3.05, 3.63) is 61.2 Å². The third-order valence-electron chi connectivity index (χ3n) is 3.57. The number of hydrogen-bond acceptors (Lipinski definition) is 2. The van der Waals surface area contributed by atoms with Gasteiger partial charge in [-0.3, -0.25) is 0 Å². The minimum Gasteiger partial charge on any atom is -0.320 e. The summed E-state index contributed by atoms with van der Waals surface area (Å²) in [7, 11) is 0. The zero-order valence-electron chi connectivity index (χ0n) is 11.0. The Morgan fingerprint density at radius 2 is 1.65 bits per heavy atom. The molecule has 3 nitrogen and oxygen atoms in total. The fourth-order valence-corrected chi connectivity index (χ4v) is 2.70. The van der Waals surface area contributed by atoms with Crippen LogP contribution in [0.3, 0.4) is 0 Å². The molecule has 2 aromatic carbocycles. The Hall–Kier alpha value is -2.68. The first-order valence-electron chi connectivity index (χ1n) is 6.63. The van der Waals surface area contributed by atoms with Crippen LogP contribution in [0.15, 0.2) is 61.2 Å². The van der Waals surface area contributed by atoms with Gasteiger partial charge in [-0.15, -0.1) is 6.58 Å². The quantitative estimate of drug-likeness (QED) is 0.511. The first kappa shape index (κ1) is 11.2. The van der Waals surface area contributed by atoms with Crippen molar-refractivity contribution in [2.75, 3.05) is 0 Å². The number of nitrogens with zero attached hydrogens (tertiary/aromatic N) is 3. The van der Waals surface area contributed by atoms with E-state index in [1.54, 1.807) is 0 Å². The normalized spacial score (nSPS) is 11.4. The van der Waals surface area contributed by atoms with Gasteiger partial charge in [0, 0.05) is 11.9 Å². The molecule has 20 heavy (non-hydrogen) atoms. The molecule has 0 spiro atoms. The van der Waals surface area contributed by atoms with Crippen molar-refractivity contribution >= 4 is 33.1 Å². The van der Waals surface area contributed by atoms with Crippen LogP contribution in [-0.4, -0.2) is 14.5 Å². The summed E-state index contributed by atoms with van der Waals surface area (Å²) in [4.78, 5) is 9.58. The van der Waals surface area contributed by atoms with E-state index in [0.29, 0.717) is 0 Å². The van der Waals surface area contributed by atoms with Gasteiger partial charge in [-0.1, -0.05) is 36.4 Å². The second kappa shape index (κ2) is 4.17. The summed E-state index contributed by atoms with van der Waals surface area (Å²) in [6.45, 7) is 4.58. The highest BCUT2D eigenvalue weighted by molar-refractivity contribution is 6.06. The van der Waals surface area contributed by atoms with Gasteiger partial charge in [-0.2, -0.15) is 0 Å². The highest BCUT2D eigenvalue weighted by Crippen LogP contribution is 2.27. The Kier molecular flexibility index (Phi) is 2.33. The summed E-state index contributed by atoms with van der Waals surface area (Å²) in [5.74, 6) is 0. The SMILES string of the molecule is C=CCn1c2ccccc2c2nc3ccccc3nc21. The first-order valence-corrected chi connectivity index (χ1v) is 6.63. The van der Waals surface area contributed by atoms with E-state index < -0.39 is 0 Å². The minimum absolute atomic E-state index is 0.733. The summed E-state index contributed by atoms with van der Waals surface area (Å²) in [6.07, 6.45) is 1.89. The van der Waals surface area contributed by atoms with E-state index in [1.807, 2.05) is 42.5 Å². The van der Waals surface area contributed by atoms with Gasteiger partial charge < -0.3 is 4.57 Å². The number of fused-ring (bicyclic) bond motifs is 4. The van der Waals surface area contributed by atoms with E-state index in [0.717, 1.165) is 39.6 Å². The topological polar surface area (TPSA) is 30.7 Å². The van der Waals surface area contributed by atoms with Gasteiger partial charge in [-0.05, 0) is 18.2 Å². The van der Waals surface area contributed by atoms with E-state index in [4.69, 9.17) is 9.97 Å². The fraction of sp³-hybridized carbons (Fsp3) is 0.0588. The number of para-hydroxylation sites is 3. The molecular formula is C17H13N3. The molecule has 0 N–H and O–H groups in total. The molecule has 0 saturated carbocycles. The molecule has 0 aliphatic rings. The average molecular weight is 259 g/mol. The maximum absolute atomic E-state index is 4.79. The Balaban J connectivity index is 2.25. The van der Waals surface area contributed by atoms with Crippen molar-refractivity contribution in [2.45, 2.75) is 6.54 Å². The summed E-state index contributed by atoms with van der Waals surface area (Å²) in [5.41, 5.74) is 4.89. The lowest BCUT2D eigenvalue weighted by Gasteiger charge is -2.02. The lowest BCUT2D eigenvalue weighted by molar-refractivity contribution is 0.887. The Labute approximate surface area is 116 Å². The molecule has 0 unspecified atom stereocenters. The molecule has 4 aromatic rings. The summed E-state index contributed by atoms with van der Waals surface area (Å²) in [5, 5.41) is 1.14. The van der Waals surface area contributed by atoms with Gasteiger partial charge in [0.15, 0.2) is 5.65 Å². The lowest BCUT2D eigenvalue weighted by atomic mass is 10.2. The van der Waals surface area contributed by atoms with Crippen LogP contribution in [0.1, 0.15) is 0 Å². The van der Waals surface area contributed by atoms with Crippen molar-refractivity contribution in [3.8, 4) is 0 Å². The molecule has 96 valence electrons.